The van der Waals surface area contributed by atoms with E-state index in [9.17, 15) is 22.0 Å². The number of hydrogen-bond donors (Lipinski definition) is 0. The van der Waals surface area contributed by atoms with Crippen molar-refractivity contribution in [2.45, 2.75) is 18.2 Å². The van der Waals surface area contributed by atoms with Crippen LogP contribution in [0.15, 0.2) is 47.9 Å². The molecule has 2 aromatic rings. The fourth-order valence-corrected chi connectivity index (χ4v) is 2.63. The smallest absolute Gasteiger partial charge is 0.310 e. The summed E-state index contributed by atoms with van der Waals surface area (Å²) >= 11 is 0. The van der Waals surface area contributed by atoms with E-state index in [2.05, 4.69) is 6.58 Å². The van der Waals surface area contributed by atoms with Crippen LogP contribution in [-0.4, -0.2) is 20.6 Å². The number of sulfone groups is 1. The molecule has 0 heterocycles. The number of carbonyl (C=O) groups excluding carboxylic acids is 1. The van der Waals surface area contributed by atoms with E-state index in [-0.39, 0.29) is 34.1 Å². The third-order valence-corrected chi connectivity index (χ3v) is 4.43. The highest BCUT2D eigenvalue weighted by molar-refractivity contribution is 7.90. The summed E-state index contributed by atoms with van der Waals surface area (Å²) in [4.78, 5) is 11.4. The zero-order chi connectivity index (χ0) is 19.5. The van der Waals surface area contributed by atoms with Crippen molar-refractivity contribution in [2.24, 2.45) is 0 Å². The summed E-state index contributed by atoms with van der Waals surface area (Å²) in [6.07, 6.45) is 1.10. The standard InChI is InChI=1S/C18H16F2O5S/c1-4-18(21)24-11(2)14-7-6-13(26(3,22)23)10-17(14)25-16-8-5-12(19)9-15(16)20/h5-10H,2,4H2,1,3H3. The molecule has 0 aromatic heterocycles. The van der Waals surface area contributed by atoms with Gasteiger partial charge in [-0.2, -0.15) is 0 Å². The Balaban J connectivity index is 2.51. The third kappa shape index (κ3) is 4.66. The topological polar surface area (TPSA) is 69.7 Å². The maximum Gasteiger partial charge on any atom is 0.310 e. The molecule has 8 heteroatoms. The van der Waals surface area contributed by atoms with Gasteiger partial charge in [-0.15, -0.1) is 0 Å². The van der Waals surface area contributed by atoms with Crippen LogP contribution in [0.4, 0.5) is 8.78 Å². The van der Waals surface area contributed by atoms with Gasteiger partial charge in [0.25, 0.3) is 0 Å². The predicted molar refractivity (Wildman–Crippen MR) is 91.4 cm³/mol. The second-order valence-electron chi connectivity index (χ2n) is 5.36. The first-order chi connectivity index (χ1) is 12.1. The van der Waals surface area contributed by atoms with Gasteiger partial charge in [0.1, 0.15) is 17.3 Å². The Hall–Kier alpha value is -2.74. The van der Waals surface area contributed by atoms with Gasteiger partial charge in [0.05, 0.1) is 10.5 Å². The number of ether oxygens (including phenoxy) is 2. The Morgan fingerprint density at radius 3 is 2.38 bits per heavy atom. The molecule has 26 heavy (non-hydrogen) atoms. The van der Waals surface area contributed by atoms with E-state index in [1.165, 1.54) is 12.1 Å². The van der Waals surface area contributed by atoms with E-state index in [1.54, 1.807) is 6.92 Å². The van der Waals surface area contributed by atoms with E-state index in [4.69, 9.17) is 9.47 Å². The molecular formula is C18H16F2O5S. The molecule has 0 bridgehead atoms. The lowest BCUT2D eigenvalue weighted by molar-refractivity contribution is -0.136. The van der Waals surface area contributed by atoms with Gasteiger partial charge >= 0.3 is 5.97 Å². The maximum absolute atomic E-state index is 13.9. The SMILES string of the molecule is C=C(OC(=O)CC)c1ccc(S(C)(=O)=O)cc1Oc1ccc(F)cc1F. The molecular weight excluding hydrogens is 366 g/mol. The molecule has 2 rings (SSSR count). The first-order valence-corrected chi connectivity index (χ1v) is 9.38. The number of benzene rings is 2. The Morgan fingerprint density at radius 1 is 1.12 bits per heavy atom. The van der Waals surface area contributed by atoms with Crippen LogP contribution < -0.4 is 4.74 Å². The predicted octanol–water partition coefficient (Wildman–Crippen LogP) is 4.08. The van der Waals surface area contributed by atoms with E-state index in [1.807, 2.05) is 0 Å². The summed E-state index contributed by atoms with van der Waals surface area (Å²) in [5.41, 5.74) is 0.155. The Labute approximate surface area is 149 Å². The molecule has 0 amide bonds. The van der Waals surface area contributed by atoms with Crippen LogP contribution >= 0.6 is 0 Å². The molecule has 0 aliphatic heterocycles. The summed E-state index contributed by atoms with van der Waals surface area (Å²) in [6, 6.07) is 6.44. The van der Waals surface area contributed by atoms with Crippen molar-refractivity contribution >= 4 is 21.6 Å². The molecule has 5 nitrogen and oxygen atoms in total. The Bertz CT molecular complexity index is 968. The minimum absolute atomic E-state index is 0.0885. The zero-order valence-corrected chi connectivity index (χ0v) is 14.9. The Kier molecular flexibility index (Phi) is 5.76. The van der Waals surface area contributed by atoms with Gasteiger partial charge in [-0.1, -0.05) is 13.5 Å². The highest BCUT2D eigenvalue weighted by Gasteiger charge is 2.18. The molecule has 0 spiro atoms. The van der Waals surface area contributed by atoms with Gasteiger partial charge in [-0.3, -0.25) is 4.79 Å². The van der Waals surface area contributed by atoms with E-state index in [0.717, 1.165) is 24.5 Å². The van der Waals surface area contributed by atoms with Crippen LogP contribution in [0.1, 0.15) is 18.9 Å². The summed E-state index contributed by atoms with van der Waals surface area (Å²) in [5.74, 6) is -2.84. The van der Waals surface area contributed by atoms with E-state index in [0.29, 0.717) is 6.07 Å². The summed E-state index contributed by atoms with van der Waals surface area (Å²) in [5, 5.41) is 0. The van der Waals surface area contributed by atoms with Crippen molar-refractivity contribution in [3.8, 4) is 11.5 Å². The lowest BCUT2D eigenvalue weighted by Crippen LogP contribution is -2.04. The fraction of sp³-hybridized carbons (Fsp3) is 0.167. The molecule has 138 valence electrons. The number of carbonyl (C=O) groups is 1. The molecule has 2 aromatic carbocycles. The molecule has 0 atom stereocenters. The van der Waals surface area contributed by atoms with Crippen molar-refractivity contribution in [2.75, 3.05) is 6.26 Å². The highest BCUT2D eigenvalue weighted by atomic mass is 32.2. The van der Waals surface area contributed by atoms with Crippen molar-refractivity contribution in [3.63, 3.8) is 0 Å². The maximum atomic E-state index is 13.9. The lowest BCUT2D eigenvalue weighted by atomic mass is 10.1. The quantitative estimate of drug-likeness (QED) is 0.556. The second kappa shape index (κ2) is 7.65. The largest absolute Gasteiger partial charge is 0.453 e. The Morgan fingerprint density at radius 2 is 1.81 bits per heavy atom. The van der Waals surface area contributed by atoms with Gasteiger partial charge in [0, 0.05) is 24.8 Å². The van der Waals surface area contributed by atoms with Gasteiger partial charge in [0.15, 0.2) is 21.4 Å². The molecule has 0 aliphatic carbocycles. The molecule has 0 N–H and O–H groups in total. The van der Waals surface area contributed by atoms with Crippen molar-refractivity contribution in [1.29, 1.82) is 0 Å². The monoisotopic (exact) mass is 382 g/mol. The number of halogens is 2. The highest BCUT2D eigenvalue weighted by Crippen LogP contribution is 2.34. The van der Waals surface area contributed by atoms with Gasteiger partial charge < -0.3 is 9.47 Å². The summed E-state index contributed by atoms with van der Waals surface area (Å²) in [7, 11) is -3.58. The summed E-state index contributed by atoms with van der Waals surface area (Å²) in [6.45, 7) is 5.21. The molecule has 0 aliphatic rings. The number of rotatable bonds is 6. The van der Waals surface area contributed by atoms with Gasteiger partial charge in [0.2, 0.25) is 0 Å². The van der Waals surface area contributed by atoms with E-state index >= 15 is 0 Å². The lowest BCUT2D eigenvalue weighted by Gasteiger charge is -2.14. The van der Waals surface area contributed by atoms with E-state index < -0.39 is 27.4 Å². The molecule has 0 saturated heterocycles. The van der Waals surface area contributed by atoms with Crippen molar-refractivity contribution in [1.82, 2.24) is 0 Å². The van der Waals surface area contributed by atoms with Crippen molar-refractivity contribution < 1.29 is 31.5 Å². The first kappa shape index (κ1) is 19.6. The zero-order valence-electron chi connectivity index (χ0n) is 14.1. The minimum atomic E-state index is -3.58. The van der Waals surface area contributed by atoms with Crippen LogP contribution in [0.2, 0.25) is 0 Å². The van der Waals surface area contributed by atoms with Gasteiger partial charge in [-0.05, 0) is 24.3 Å². The van der Waals surface area contributed by atoms with Crippen LogP contribution in [0, 0.1) is 11.6 Å². The van der Waals surface area contributed by atoms with Crippen LogP contribution in [0.5, 0.6) is 11.5 Å². The van der Waals surface area contributed by atoms with Gasteiger partial charge in [-0.25, -0.2) is 17.2 Å². The van der Waals surface area contributed by atoms with Crippen LogP contribution in [0.25, 0.3) is 5.76 Å². The average Bonchev–Trinajstić information content (AvgIpc) is 2.56. The minimum Gasteiger partial charge on any atom is -0.453 e. The fourth-order valence-electron chi connectivity index (χ4n) is 1.99. The normalized spacial score (nSPS) is 11.1. The second-order valence-corrected chi connectivity index (χ2v) is 7.37. The summed E-state index contributed by atoms with van der Waals surface area (Å²) < 4.78 is 60.9. The molecule has 0 saturated carbocycles. The number of esters is 1. The molecule has 0 fully saturated rings. The van der Waals surface area contributed by atoms with Crippen LogP contribution in [0.3, 0.4) is 0 Å². The first-order valence-electron chi connectivity index (χ1n) is 7.48. The molecule has 0 unspecified atom stereocenters. The third-order valence-electron chi connectivity index (χ3n) is 3.32. The van der Waals surface area contributed by atoms with Crippen LogP contribution in [-0.2, 0) is 19.4 Å². The molecule has 0 radical (unpaired) electrons. The average molecular weight is 382 g/mol. The number of hydrogen-bond acceptors (Lipinski definition) is 5. The van der Waals surface area contributed by atoms with Crippen molar-refractivity contribution in [3.05, 3.63) is 60.2 Å².